The van der Waals surface area contributed by atoms with E-state index in [1.807, 2.05) is 14.1 Å². The Morgan fingerprint density at radius 3 is 2.61 bits per heavy atom. The van der Waals surface area contributed by atoms with E-state index in [4.69, 9.17) is 5.73 Å². The molecule has 1 aromatic heterocycles. The lowest BCUT2D eigenvalue weighted by Crippen LogP contribution is -2.48. The van der Waals surface area contributed by atoms with Crippen LogP contribution in [0, 0.1) is 0 Å². The van der Waals surface area contributed by atoms with E-state index < -0.39 is 0 Å². The normalized spacial score (nSPS) is 11.6. The largest absolute Gasteiger partial charge is 0.397 e. The number of nitrogens with two attached hydrogens (primary N) is 1. The molecule has 0 aromatic carbocycles. The molecule has 0 aliphatic heterocycles. The predicted octanol–water partition coefficient (Wildman–Crippen LogP) is 0.663. The fourth-order valence-electron chi connectivity index (χ4n) is 1.24. The zero-order valence-corrected chi connectivity index (χ0v) is 11.5. The summed E-state index contributed by atoms with van der Waals surface area (Å²) in [5, 5.41) is 2.92. The predicted molar refractivity (Wildman–Crippen MR) is 73.1 cm³/mol. The van der Waals surface area contributed by atoms with Gasteiger partial charge in [0.25, 0.3) is 0 Å². The fourth-order valence-corrected chi connectivity index (χ4v) is 1.24. The maximum atomic E-state index is 11.8. The van der Waals surface area contributed by atoms with E-state index in [1.165, 1.54) is 0 Å². The molecule has 0 saturated heterocycles. The summed E-state index contributed by atoms with van der Waals surface area (Å²) in [6.45, 7) is 4.76. The number of aromatic nitrogens is 1. The van der Waals surface area contributed by atoms with Gasteiger partial charge in [-0.25, -0.2) is 0 Å². The van der Waals surface area contributed by atoms with Gasteiger partial charge < -0.3 is 16.0 Å². The highest BCUT2D eigenvalue weighted by Crippen LogP contribution is 2.08. The molecule has 0 bridgehead atoms. The molecule has 18 heavy (non-hydrogen) atoms. The number of carbonyl (C=O) groups is 1. The number of hydrogen-bond donors (Lipinski definition) is 2. The van der Waals surface area contributed by atoms with Crippen LogP contribution in [0.1, 0.15) is 19.5 Å². The van der Waals surface area contributed by atoms with Crippen LogP contribution >= 0.6 is 0 Å². The summed E-state index contributed by atoms with van der Waals surface area (Å²) in [5.74, 6) is -0.0257. The topological polar surface area (TPSA) is 71.2 Å². The second-order valence-electron chi connectivity index (χ2n) is 5.24. The van der Waals surface area contributed by atoms with Gasteiger partial charge in [-0.05, 0) is 40.1 Å². The first kappa shape index (κ1) is 14.4. The van der Waals surface area contributed by atoms with Gasteiger partial charge in [-0.3, -0.25) is 9.78 Å². The average molecular weight is 250 g/mol. The molecule has 0 radical (unpaired) electrons. The third-order valence-electron chi connectivity index (χ3n) is 3.12. The number of anilines is 1. The van der Waals surface area contributed by atoms with Crippen LogP contribution in [0.5, 0.6) is 0 Å². The average Bonchev–Trinajstić information content (AvgIpc) is 2.29. The van der Waals surface area contributed by atoms with Gasteiger partial charge >= 0.3 is 0 Å². The van der Waals surface area contributed by atoms with Gasteiger partial charge in [-0.15, -0.1) is 0 Å². The molecule has 0 spiro atoms. The van der Waals surface area contributed by atoms with Crippen molar-refractivity contribution in [2.24, 2.45) is 0 Å². The molecule has 0 saturated carbocycles. The summed E-state index contributed by atoms with van der Waals surface area (Å²) < 4.78 is 0. The first-order valence-electron chi connectivity index (χ1n) is 5.96. The lowest BCUT2D eigenvalue weighted by Gasteiger charge is -2.32. The zero-order chi connectivity index (χ0) is 13.8. The number of carbonyl (C=O) groups excluding carboxylic acids is 1. The van der Waals surface area contributed by atoms with Crippen molar-refractivity contribution in [3.8, 4) is 0 Å². The zero-order valence-electron chi connectivity index (χ0n) is 11.5. The third kappa shape index (κ3) is 4.33. The minimum Gasteiger partial charge on any atom is -0.397 e. The Bertz CT molecular complexity index is 398. The molecule has 0 atom stereocenters. The molecular weight excluding hydrogens is 228 g/mol. The second kappa shape index (κ2) is 5.82. The Morgan fingerprint density at radius 1 is 1.44 bits per heavy atom. The van der Waals surface area contributed by atoms with Gasteiger partial charge in [-0.1, -0.05) is 0 Å². The SMILES string of the molecule is CN(C)C(C)(C)CNC(=O)Cc1ccc(N)cn1. The van der Waals surface area contributed by atoms with E-state index >= 15 is 0 Å². The van der Waals surface area contributed by atoms with Crippen LogP contribution in [-0.4, -0.2) is 42.0 Å². The van der Waals surface area contributed by atoms with Crippen molar-refractivity contribution in [2.75, 3.05) is 26.4 Å². The Kier molecular flexibility index (Phi) is 4.67. The van der Waals surface area contributed by atoms with Gasteiger partial charge in [0.1, 0.15) is 0 Å². The molecule has 0 aliphatic rings. The van der Waals surface area contributed by atoms with Crippen molar-refractivity contribution in [1.29, 1.82) is 0 Å². The van der Waals surface area contributed by atoms with Crippen molar-refractivity contribution in [2.45, 2.75) is 25.8 Å². The van der Waals surface area contributed by atoms with Crippen molar-refractivity contribution >= 4 is 11.6 Å². The molecular formula is C13H22N4O. The molecule has 0 aliphatic carbocycles. The maximum absolute atomic E-state index is 11.8. The summed E-state index contributed by atoms with van der Waals surface area (Å²) in [4.78, 5) is 17.9. The summed E-state index contributed by atoms with van der Waals surface area (Å²) in [5.41, 5.74) is 6.80. The van der Waals surface area contributed by atoms with Crippen LogP contribution in [0.15, 0.2) is 18.3 Å². The fraction of sp³-hybridized carbons (Fsp3) is 0.538. The summed E-state index contributed by atoms with van der Waals surface area (Å²) in [6.07, 6.45) is 1.84. The van der Waals surface area contributed by atoms with Gasteiger partial charge in [0.2, 0.25) is 5.91 Å². The molecule has 1 rings (SSSR count). The van der Waals surface area contributed by atoms with Crippen LogP contribution in [0.4, 0.5) is 5.69 Å². The number of amides is 1. The second-order valence-corrected chi connectivity index (χ2v) is 5.24. The molecule has 5 heteroatoms. The van der Waals surface area contributed by atoms with Crippen molar-refractivity contribution in [1.82, 2.24) is 15.2 Å². The minimum absolute atomic E-state index is 0.0257. The van der Waals surface area contributed by atoms with E-state index in [-0.39, 0.29) is 17.9 Å². The van der Waals surface area contributed by atoms with E-state index in [1.54, 1.807) is 18.3 Å². The Hall–Kier alpha value is -1.62. The van der Waals surface area contributed by atoms with Crippen LogP contribution in [-0.2, 0) is 11.2 Å². The highest BCUT2D eigenvalue weighted by molar-refractivity contribution is 5.78. The van der Waals surface area contributed by atoms with E-state index in [0.29, 0.717) is 12.2 Å². The van der Waals surface area contributed by atoms with Gasteiger partial charge in [0.15, 0.2) is 0 Å². The van der Waals surface area contributed by atoms with Crippen LogP contribution in [0.2, 0.25) is 0 Å². The molecule has 5 nitrogen and oxygen atoms in total. The molecule has 0 fully saturated rings. The van der Waals surface area contributed by atoms with Gasteiger partial charge in [0, 0.05) is 17.8 Å². The van der Waals surface area contributed by atoms with Crippen LogP contribution < -0.4 is 11.1 Å². The lowest BCUT2D eigenvalue weighted by molar-refractivity contribution is -0.121. The first-order valence-corrected chi connectivity index (χ1v) is 5.96. The van der Waals surface area contributed by atoms with E-state index in [0.717, 1.165) is 5.69 Å². The highest BCUT2D eigenvalue weighted by atomic mass is 16.1. The lowest BCUT2D eigenvalue weighted by atomic mass is 10.0. The van der Waals surface area contributed by atoms with Crippen LogP contribution in [0.25, 0.3) is 0 Å². The molecule has 100 valence electrons. The number of rotatable bonds is 5. The van der Waals surface area contributed by atoms with Crippen molar-refractivity contribution in [3.63, 3.8) is 0 Å². The van der Waals surface area contributed by atoms with Crippen molar-refractivity contribution < 1.29 is 4.79 Å². The Balaban J connectivity index is 2.45. The number of likely N-dealkylation sites (N-methyl/N-ethyl adjacent to an activating group) is 1. The molecule has 1 amide bonds. The summed E-state index contributed by atoms with van der Waals surface area (Å²) in [7, 11) is 3.99. The summed E-state index contributed by atoms with van der Waals surface area (Å²) in [6, 6.07) is 3.52. The smallest absolute Gasteiger partial charge is 0.226 e. The maximum Gasteiger partial charge on any atom is 0.226 e. The van der Waals surface area contributed by atoms with Gasteiger partial charge in [-0.2, -0.15) is 0 Å². The van der Waals surface area contributed by atoms with Crippen molar-refractivity contribution in [3.05, 3.63) is 24.0 Å². The van der Waals surface area contributed by atoms with Crippen LogP contribution in [0.3, 0.4) is 0 Å². The van der Waals surface area contributed by atoms with Gasteiger partial charge in [0.05, 0.1) is 18.3 Å². The number of nitrogens with zero attached hydrogens (tertiary/aromatic N) is 2. The highest BCUT2D eigenvalue weighted by Gasteiger charge is 2.20. The standard InChI is InChI=1S/C13H22N4O/c1-13(2,17(3)4)9-16-12(18)7-11-6-5-10(14)8-15-11/h5-6,8H,7,9,14H2,1-4H3,(H,16,18). The molecule has 0 unspecified atom stereocenters. The Labute approximate surface area is 108 Å². The number of nitrogen functional groups attached to an aromatic ring is 1. The monoisotopic (exact) mass is 250 g/mol. The summed E-state index contributed by atoms with van der Waals surface area (Å²) >= 11 is 0. The molecule has 1 aromatic rings. The number of hydrogen-bond acceptors (Lipinski definition) is 4. The number of pyridine rings is 1. The number of nitrogens with one attached hydrogen (secondary N) is 1. The third-order valence-corrected chi connectivity index (χ3v) is 3.12. The molecule has 1 heterocycles. The molecule has 3 N–H and O–H groups in total. The minimum atomic E-state index is -0.0653. The Morgan fingerprint density at radius 2 is 2.11 bits per heavy atom. The first-order chi connectivity index (χ1) is 8.31. The van der Waals surface area contributed by atoms with E-state index in [9.17, 15) is 4.79 Å². The quantitative estimate of drug-likeness (QED) is 0.805. The van der Waals surface area contributed by atoms with E-state index in [2.05, 4.69) is 29.0 Å².